The third-order valence-corrected chi connectivity index (χ3v) is 2.19. The molecular formula is C8H12O3S. The molecule has 0 aliphatic heterocycles. The van der Waals surface area contributed by atoms with E-state index in [2.05, 4.69) is 13.2 Å². The van der Waals surface area contributed by atoms with E-state index >= 15 is 0 Å². The van der Waals surface area contributed by atoms with Crippen molar-refractivity contribution in [3.63, 3.8) is 0 Å². The van der Waals surface area contributed by atoms with Crippen LogP contribution in [0.25, 0.3) is 0 Å². The van der Waals surface area contributed by atoms with Crippen LogP contribution in [-0.4, -0.2) is 13.0 Å². The molecule has 0 aliphatic rings. The lowest BCUT2D eigenvalue weighted by Crippen LogP contribution is -2.00. The van der Waals surface area contributed by atoms with Gasteiger partial charge in [-0.05, 0) is 6.42 Å². The lowest BCUT2D eigenvalue weighted by Gasteiger charge is -1.98. The minimum absolute atomic E-state index is 0.0302. The average Bonchev–Trinajstić information content (AvgIpc) is 1.95. The largest absolute Gasteiger partial charge is 0.290 e. The zero-order valence-corrected chi connectivity index (χ0v) is 7.55. The van der Waals surface area contributed by atoms with Crippen LogP contribution >= 0.6 is 0 Å². The molecule has 0 heterocycles. The third-order valence-electron chi connectivity index (χ3n) is 1.19. The summed E-state index contributed by atoms with van der Waals surface area (Å²) in [6, 6.07) is 0. The molecule has 0 rings (SSSR count). The minimum Gasteiger partial charge on any atom is -0.282 e. The molecule has 0 atom stereocenters. The Morgan fingerprint density at radius 3 is 2.25 bits per heavy atom. The van der Waals surface area contributed by atoms with E-state index in [0.717, 1.165) is 0 Å². The highest BCUT2D eigenvalue weighted by Gasteiger charge is 2.10. The Bertz CT molecular complexity index is 285. The quantitative estimate of drug-likeness (QED) is 0.529. The molecule has 0 fully saturated rings. The zero-order chi connectivity index (χ0) is 9.61. The Hall–Kier alpha value is -0.870. The van der Waals surface area contributed by atoms with Gasteiger partial charge in [-0.25, -0.2) is 0 Å². The van der Waals surface area contributed by atoms with E-state index in [9.17, 15) is 8.42 Å². The van der Waals surface area contributed by atoms with Gasteiger partial charge in [-0.15, -0.1) is 13.2 Å². The van der Waals surface area contributed by atoms with E-state index in [1.807, 2.05) is 0 Å². The van der Waals surface area contributed by atoms with Crippen molar-refractivity contribution in [2.45, 2.75) is 12.8 Å². The summed E-state index contributed by atoms with van der Waals surface area (Å²) in [6.07, 6.45) is 4.94. The Labute approximate surface area is 72.9 Å². The second-order valence-corrected chi connectivity index (χ2v) is 3.64. The van der Waals surface area contributed by atoms with Crippen LogP contribution in [-0.2, 0) is 10.1 Å². The van der Waals surface area contributed by atoms with E-state index < -0.39 is 10.1 Å². The normalized spacial score (nSPS) is 12.6. The Kier molecular flexibility index (Phi) is 4.54. The van der Waals surface area contributed by atoms with Crippen LogP contribution in [0.4, 0.5) is 0 Å². The van der Waals surface area contributed by atoms with Crippen molar-refractivity contribution in [3.8, 4) is 0 Å². The summed E-state index contributed by atoms with van der Waals surface area (Å²) in [5.74, 6) is 0. The molecule has 0 bridgehead atoms. The fourth-order valence-corrected chi connectivity index (χ4v) is 1.29. The summed E-state index contributed by atoms with van der Waals surface area (Å²) in [5.41, 5.74) is 0. The first-order valence-corrected chi connectivity index (χ1v) is 4.84. The second-order valence-electron chi connectivity index (χ2n) is 2.16. The van der Waals surface area contributed by atoms with Gasteiger partial charge in [0.15, 0.2) is 0 Å². The molecule has 0 aromatic rings. The molecular weight excluding hydrogens is 176 g/mol. The van der Waals surface area contributed by atoms with Gasteiger partial charge < -0.3 is 0 Å². The van der Waals surface area contributed by atoms with Gasteiger partial charge in [0.05, 0.1) is 4.91 Å². The number of hydrogen-bond donors (Lipinski definition) is 1. The van der Waals surface area contributed by atoms with Gasteiger partial charge in [-0.1, -0.05) is 18.2 Å². The monoisotopic (exact) mass is 188 g/mol. The van der Waals surface area contributed by atoms with Gasteiger partial charge in [-0.3, -0.25) is 4.55 Å². The van der Waals surface area contributed by atoms with Crippen LogP contribution in [0.15, 0.2) is 36.3 Å². The second kappa shape index (κ2) is 4.90. The minimum atomic E-state index is -4.06. The van der Waals surface area contributed by atoms with Crippen molar-refractivity contribution < 1.29 is 13.0 Å². The zero-order valence-electron chi connectivity index (χ0n) is 6.73. The summed E-state index contributed by atoms with van der Waals surface area (Å²) in [5, 5.41) is 0. The van der Waals surface area contributed by atoms with Crippen LogP contribution in [0.1, 0.15) is 12.8 Å². The predicted octanol–water partition coefficient (Wildman–Crippen LogP) is 1.91. The number of hydrogen-bond acceptors (Lipinski definition) is 2. The van der Waals surface area contributed by atoms with E-state index in [1.165, 1.54) is 12.2 Å². The molecule has 0 saturated heterocycles. The van der Waals surface area contributed by atoms with Gasteiger partial charge in [0, 0.05) is 6.42 Å². The summed E-state index contributed by atoms with van der Waals surface area (Å²) in [6.45, 7) is 6.81. The Morgan fingerprint density at radius 2 is 1.92 bits per heavy atom. The highest BCUT2D eigenvalue weighted by Crippen LogP contribution is 2.10. The Morgan fingerprint density at radius 1 is 1.33 bits per heavy atom. The molecule has 0 spiro atoms. The van der Waals surface area contributed by atoms with Crippen LogP contribution < -0.4 is 0 Å². The van der Waals surface area contributed by atoms with E-state index in [1.54, 1.807) is 6.08 Å². The van der Waals surface area contributed by atoms with Crippen LogP contribution in [0.2, 0.25) is 0 Å². The van der Waals surface area contributed by atoms with E-state index in [4.69, 9.17) is 4.55 Å². The van der Waals surface area contributed by atoms with Crippen LogP contribution in [0.5, 0.6) is 0 Å². The first-order valence-electron chi connectivity index (χ1n) is 3.40. The average molecular weight is 188 g/mol. The highest BCUT2D eigenvalue weighted by molar-refractivity contribution is 7.89. The van der Waals surface area contributed by atoms with Crippen molar-refractivity contribution in [2.24, 2.45) is 0 Å². The first-order chi connectivity index (χ1) is 5.52. The van der Waals surface area contributed by atoms with Gasteiger partial charge >= 0.3 is 0 Å². The summed E-state index contributed by atoms with van der Waals surface area (Å²) >= 11 is 0. The molecule has 0 amide bonds. The molecule has 4 heteroatoms. The van der Waals surface area contributed by atoms with Gasteiger partial charge in [-0.2, -0.15) is 8.42 Å². The summed E-state index contributed by atoms with van der Waals surface area (Å²) < 4.78 is 29.9. The maximum Gasteiger partial charge on any atom is 0.290 e. The fourth-order valence-electron chi connectivity index (χ4n) is 0.651. The van der Waals surface area contributed by atoms with E-state index in [0.29, 0.717) is 6.42 Å². The molecule has 0 aromatic carbocycles. The van der Waals surface area contributed by atoms with Gasteiger partial charge in [0.2, 0.25) is 0 Å². The maximum absolute atomic E-state index is 10.6. The molecule has 0 aromatic heterocycles. The smallest absolute Gasteiger partial charge is 0.282 e. The van der Waals surface area contributed by atoms with Crippen molar-refractivity contribution in [2.75, 3.05) is 0 Å². The third kappa shape index (κ3) is 4.10. The molecule has 3 nitrogen and oxygen atoms in total. The van der Waals surface area contributed by atoms with Crippen molar-refractivity contribution in [3.05, 3.63) is 36.3 Å². The van der Waals surface area contributed by atoms with E-state index in [-0.39, 0.29) is 11.3 Å². The SMILES string of the molecule is C=CC/C=C(\CC=C)S(=O)(=O)O. The lowest BCUT2D eigenvalue weighted by molar-refractivity contribution is 0.490. The summed E-state index contributed by atoms with van der Waals surface area (Å²) in [4.78, 5) is -0.0302. The number of rotatable bonds is 5. The molecule has 0 aliphatic carbocycles. The van der Waals surface area contributed by atoms with Gasteiger partial charge in [0.1, 0.15) is 0 Å². The topological polar surface area (TPSA) is 54.4 Å². The van der Waals surface area contributed by atoms with Crippen molar-refractivity contribution >= 4 is 10.1 Å². The fraction of sp³-hybridized carbons (Fsp3) is 0.250. The number of allylic oxidation sites excluding steroid dienone is 4. The maximum atomic E-state index is 10.6. The molecule has 0 saturated carbocycles. The van der Waals surface area contributed by atoms with Crippen LogP contribution in [0, 0.1) is 0 Å². The van der Waals surface area contributed by atoms with Crippen molar-refractivity contribution in [1.82, 2.24) is 0 Å². The lowest BCUT2D eigenvalue weighted by atomic mass is 10.3. The van der Waals surface area contributed by atoms with Gasteiger partial charge in [0.25, 0.3) is 10.1 Å². The molecule has 68 valence electrons. The summed E-state index contributed by atoms with van der Waals surface area (Å²) in [7, 11) is -4.06. The van der Waals surface area contributed by atoms with Crippen LogP contribution in [0.3, 0.4) is 0 Å². The molecule has 12 heavy (non-hydrogen) atoms. The first kappa shape index (κ1) is 11.1. The molecule has 1 N–H and O–H groups in total. The van der Waals surface area contributed by atoms with Crippen molar-refractivity contribution in [1.29, 1.82) is 0 Å². The highest BCUT2D eigenvalue weighted by atomic mass is 32.2. The standard InChI is InChI=1S/C8H12O3S/c1-3-5-7-8(6-4-2)12(9,10)11/h3-4,7H,1-2,5-6H2,(H,9,10,11)/b8-7+. The molecule has 0 radical (unpaired) electrons. The Balaban J connectivity index is 4.66. The molecule has 0 unspecified atom stereocenters. The predicted molar refractivity (Wildman–Crippen MR) is 49.3 cm³/mol.